The molecule has 4 nitrogen and oxygen atoms in total. The van der Waals surface area contributed by atoms with Crippen LogP contribution >= 0.6 is 0 Å². The first-order valence-corrected chi connectivity index (χ1v) is 9.15. The fourth-order valence-electron chi connectivity index (χ4n) is 4.45. The summed E-state index contributed by atoms with van der Waals surface area (Å²) >= 11 is 0. The van der Waals surface area contributed by atoms with Crippen LogP contribution in [0, 0.1) is 23.1 Å². The fraction of sp³-hybridized carbons (Fsp3) is 0.632. The lowest BCUT2D eigenvalue weighted by atomic mass is 9.91. The third-order valence-electron chi connectivity index (χ3n) is 6.15. The molecule has 2 saturated heterocycles. The van der Waals surface area contributed by atoms with Crippen molar-refractivity contribution in [3.05, 3.63) is 30.1 Å². The maximum absolute atomic E-state index is 13.0. The number of hydrogen-bond acceptors (Lipinski definition) is 3. The molecule has 5 heteroatoms. The Balaban J connectivity index is 1.24. The number of carbonyl (C=O) groups is 1. The first-order valence-electron chi connectivity index (χ1n) is 9.15. The summed E-state index contributed by atoms with van der Waals surface area (Å²) in [4.78, 5) is 14.7. The molecule has 0 bridgehead atoms. The molecule has 2 atom stereocenters. The molecule has 1 aromatic rings. The Morgan fingerprint density at radius 2 is 2.04 bits per heavy atom. The Kier molecular flexibility index (Phi) is 4.21. The molecular formula is C19H26FN3O. The van der Waals surface area contributed by atoms with Crippen molar-refractivity contribution in [1.82, 2.24) is 10.6 Å². The number of piperidine rings is 1. The van der Waals surface area contributed by atoms with Crippen molar-refractivity contribution in [2.24, 2.45) is 17.3 Å². The van der Waals surface area contributed by atoms with E-state index in [1.54, 1.807) is 0 Å². The van der Waals surface area contributed by atoms with Crippen LogP contribution in [0.2, 0.25) is 0 Å². The lowest BCUT2D eigenvalue weighted by molar-refractivity contribution is -0.123. The molecule has 1 spiro atoms. The minimum Gasteiger partial charge on any atom is -0.371 e. The van der Waals surface area contributed by atoms with Gasteiger partial charge in [0.1, 0.15) is 5.82 Å². The molecule has 1 aliphatic carbocycles. The maximum atomic E-state index is 13.0. The van der Waals surface area contributed by atoms with Crippen molar-refractivity contribution < 1.29 is 9.18 Å². The van der Waals surface area contributed by atoms with Gasteiger partial charge in [0.2, 0.25) is 5.91 Å². The van der Waals surface area contributed by atoms with Crippen LogP contribution in [0.5, 0.6) is 0 Å². The van der Waals surface area contributed by atoms with Crippen LogP contribution in [-0.2, 0) is 4.79 Å². The first-order chi connectivity index (χ1) is 11.7. The molecule has 0 aromatic heterocycles. The molecule has 3 aliphatic rings. The van der Waals surface area contributed by atoms with Crippen LogP contribution in [0.3, 0.4) is 0 Å². The van der Waals surface area contributed by atoms with E-state index >= 15 is 0 Å². The Labute approximate surface area is 142 Å². The summed E-state index contributed by atoms with van der Waals surface area (Å²) in [6, 6.07) is 6.69. The van der Waals surface area contributed by atoms with Crippen molar-refractivity contribution in [2.75, 3.05) is 37.6 Å². The summed E-state index contributed by atoms with van der Waals surface area (Å²) in [6.07, 6.45) is 4.45. The van der Waals surface area contributed by atoms with Gasteiger partial charge in [-0.25, -0.2) is 4.39 Å². The van der Waals surface area contributed by atoms with Crippen LogP contribution in [-0.4, -0.2) is 38.6 Å². The predicted octanol–water partition coefficient (Wildman–Crippen LogP) is 2.16. The Bertz CT molecular complexity index is 597. The van der Waals surface area contributed by atoms with Gasteiger partial charge in [-0.3, -0.25) is 4.79 Å². The summed E-state index contributed by atoms with van der Waals surface area (Å²) < 4.78 is 13.0. The van der Waals surface area contributed by atoms with E-state index < -0.39 is 0 Å². The van der Waals surface area contributed by atoms with Gasteiger partial charge < -0.3 is 15.5 Å². The van der Waals surface area contributed by atoms with Crippen LogP contribution in [0.15, 0.2) is 24.3 Å². The second-order valence-corrected chi connectivity index (χ2v) is 7.69. The van der Waals surface area contributed by atoms with Gasteiger partial charge in [-0.1, -0.05) is 0 Å². The normalized spacial score (nSPS) is 28.1. The minimum absolute atomic E-state index is 0.196. The average molecular weight is 331 g/mol. The highest BCUT2D eigenvalue weighted by molar-refractivity contribution is 5.82. The van der Waals surface area contributed by atoms with E-state index in [9.17, 15) is 9.18 Å². The van der Waals surface area contributed by atoms with Crippen molar-refractivity contribution in [2.45, 2.75) is 25.7 Å². The van der Waals surface area contributed by atoms with Gasteiger partial charge in [-0.15, -0.1) is 0 Å². The van der Waals surface area contributed by atoms with Crippen molar-refractivity contribution in [1.29, 1.82) is 0 Å². The van der Waals surface area contributed by atoms with E-state index in [-0.39, 0.29) is 17.6 Å². The zero-order chi connectivity index (χ0) is 16.6. The van der Waals surface area contributed by atoms with Gasteiger partial charge in [0.25, 0.3) is 0 Å². The number of amides is 1. The zero-order valence-corrected chi connectivity index (χ0v) is 14.1. The van der Waals surface area contributed by atoms with Gasteiger partial charge in [-0.2, -0.15) is 0 Å². The van der Waals surface area contributed by atoms with Crippen LogP contribution < -0.4 is 15.5 Å². The van der Waals surface area contributed by atoms with E-state index in [0.29, 0.717) is 11.3 Å². The Morgan fingerprint density at radius 3 is 2.79 bits per heavy atom. The zero-order valence-electron chi connectivity index (χ0n) is 14.1. The lowest BCUT2D eigenvalue weighted by Crippen LogP contribution is -2.36. The Morgan fingerprint density at radius 1 is 1.29 bits per heavy atom. The van der Waals surface area contributed by atoms with Gasteiger partial charge in [-0.05, 0) is 74.4 Å². The Hall–Kier alpha value is -1.62. The van der Waals surface area contributed by atoms with Crippen molar-refractivity contribution in [3.8, 4) is 0 Å². The lowest BCUT2D eigenvalue weighted by Gasteiger charge is -2.23. The quantitative estimate of drug-likeness (QED) is 0.889. The predicted molar refractivity (Wildman–Crippen MR) is 92.4 cm³/mol. The number of benzene rings is 1. The number of halogens is 1. The molecule has 1 amide bonds. The largest absolute Gasteiger partial charge is 0.371 e. The highest BCUT2D eigenvalue weighted by Crippen LogP contribution is 2.58. The fourth-order valence-corrected chi connectivity index (χ4v) is 4.45. The number of carbonyl (C=O) groups excluding carboxylic acids is 1. The number of rotatable bonds is 4. The van der Waals surface area contributed by atoms with Crippen molar-refractivity contribution in [3.63, 3.8) is 0 Å². The highest BCUT2D eigenvalue weighted by Gasteiger charge is 2.57. The monoisotopic (exact) mass is 331 g/mol. The van der Waals surface area contributed by atoms with E-state index in [1.807, 2.05) is 12.1 Å². The molecule has 1 saturated carbocycles. The topological polar surface area (TPSA) is 44.4 Å². The third kappa shape index (κ3) is 3.14. The molecule has 1 aromatic carbocycles. The van der Waals surface area contributed by atoms with Gasteiger partial charge in [0, 0.05) is 31.2 Å². The maximum Gasteiger partial charge on any atom is 0.223 e. The number of nitrogens with one attached hydrogen (secondary N) is 2. The SMILES string of the molecule is O=C(NCC1CCN(c2ccc(F)cc2)C1)C1CC12CCNCC2. The van der Waals surface area contributed by atoms with Gasteiger partial charge >= 0.3 is 0 Å². The van der Waals surface area contributed by atoms with Gasteiger partial charge in [0.15, 0.2) is 0 Å². The summed E-state index contributed by atoms with van der Waals surface area (Å²) in [6.45, 7) is 4.79. The second kappa shape index (κ2) is 6.36. The summed E-state index contributed by atoms with van der Waals surface area (Å²) in [5.41, 5.74) is 1.38. The van der Waals surface area contributed by atoms with Crippen LogP contribution in [0.25, 0.3) is 0 Å². The van der Waals surface area contributed by atoms with Gasteiger partial charge in [0.05, 0.1) is 0 Å². The highest BCUT2D eigenvalue weighted by atomic mass is 19.1. The molecule has 2 N–H and O–H groups in total. The van der Waals surface area contributed by atoms with Crippen LogP contribution in [0.1, 0.15) is 25.7 Å². The van der Waals surface area contributed by atoms with E-state index in [1.165, 1.54) is 12.1 Å². The standard InChI is InChI=1S/C19H26FN3O/c20-15-1-3-16(4-2-15)23-10-5-14(13-23)12-22-18(24)17-11-19(17)6-8-21-9-7-19/h1-4,14,17,21H,5-13H2,(H,22,24). The number of nitrogens with zero attached hydrogens (tertiary/aromatic N) is 1. The second-order valence-electron chi connectivity index (χ2n) is 7.69. The summed E-state index contributed by atoms with van der Waals surface area (Å²) in [5, 5.41) is 6.57. The first kappa shape index (κ1) is 15.9. The van der Waals surface area contributed by atoms with Crippen molar-refractivity contribution >= 4 is 11.6 Å². The molecule has 3 fully saturated rings. The molecular weight excluding hydrogens is 305 g/mol. The molecule has 2 aliphatic heterocycles. The molecule has 2 unspecified atom stereocenters. The smallest absolute Gasteiger partial charge is 0.223 e. The van der Waals surface area contributed by atoms with E-state index in [2.05, 4.69) is 15.5 Å². The molecule has 2 heterocycles. The average Bonchev–Trinajstić information content (AvgIpc) is 3.07. The molecule has 4 rings (SSSR count). The molecule has 0 radical (unpaired) electrons. The molecule has 24 heavy (non-hydrogen) atoms. The van der Waals surface area contributed by atoms with E-state index in [4.69, 9.17) is 0 Å². The van der Waals surface area contributed by atoms with Crippen LogP contribution in [0.4, 0.5) is 10.1 Å². The van der Waals surface area contributed by atoms with E-state index in [0.717, 1.165) is 64.1 Å². The number of hydrogen-bond donors (Lipinski definition) is 2. The summed E-state index contributed by atoms with van der Waals surface area (Å²) in [7, 11) is 0. The molecule has 130 valence electrons. The number of anilines is 1. The summed E-state index contributed by atoms with van der Waals surface area (Å²) in [5.74, 6) is 0.797. The third-order valence-corrected chi connectivity index (χ3v) is 6.15. The minimum atomic E-state index is -0.196.